The minimum Gasteiger partial charge on any atom is -0.388 e. The van der Waals surface area contributed by atoms with Crippen LogP contribution < -0.4 is 4.90 Å². The number of fused-ring (bicyclic) bond motifs is 1. The Morgan fingerprint density at radius 1 is 1.59 bits per heavy atom. The number of aliphatic hydroxyl groups excluding tert-OH is 1. The van der Waals surface area contributed by atoms with Crippen LogP contribution in [-0.2, 0) is 4.79 Å². The Bertz CT molecular complexity index is 433. The van der Waals surface area contributed by atoms with Gasteiger partial charge in [0.2, 0.25) is 5.91 Å². The van der Waals surface area contributed by atoms with Gasteiger partial charge in [0.25, 0.3) is 0 Å². The molecule has 1 atom stereocenters. The summed E-state index contributed by atoms with van der Waals surface area (Å²) in [5, 5.41) is 9.81. The average Bonchev–Trinajstić information content (AvgIpc) is 2.30. The van der Waals surface area contributed by atoms with E-state index in [2.05, 4.69) is 0 Å². The minimum absolute atomic E-state index is 0.0345. The van der Waals surface area contributed by atoms with E-state index in [-0.39, 0.29) is 11.7 Å². The van der Waals surface area contributed by atoms with Crippen LogP contribution in [0, 0.1) is 5.82 Å². The lowest BCUT2D eigenvalue weighted by Gasteiger charge is -2.32. The number of aliphatic hydroxyl groups is 1. The molecular formula is C13H16FNO2. The summed E-state index contributed by atoms with van der Waals surface area (Å²) in [6.07, 6.45) is 1.05. The van der Waals surface area contributed by atoms with Crippen LogP contribution in [0.1, 0.15) is 37.9 Å². The highest BCUT2D eigenvalue weighted by Gasteiger charge is 2.27. The summed E-state index contributed by atoms with van der Waals surface area (Å²) >= 11 is 0. The molecule has 1 unspecified atom stereocenters. The number of rotatable bonds is 2. The van der Waals surface area contributed by atoms with Crippen LogP contribution in [0.25, 0.3) is 0 Å². The second-order valence-electron chi connectivity index (χ2n) is 4.30. The quantitative estimate of drug-likeness (QED) is 0.858. The van der Waals surface area contributed by atoms with E-state index in [1.807, 2.05) is 6.92 Å². The van der Waals surface area contributed by atoms with Crippen LogP contribution >= 0.6 is 0 Å². The zero-order valence-electron chi connectivity index (χ0n) is 9.82. The molecule has 1 heterocycles. The number of carbonyl (C=O) groups is 1. The van der Waals surface area contributed by atoms with E-state index < -0.39 is 6.10 Å². The highest BCUT2D eigenvalue weighted by atomic mass is 19.1. The molecule has 0 aromatic heterocycles. The highest BCUT2D eigenvalue weighted by molar-refractivity contribution is 5.94. The maximum atomic E-state index is 13.1. The smallest absolute Gasteiger partial charge is 0.226 e. The molecular weight excluding hydrogens is 221 g/mol. The lowest BCUT2D eigenvalue weighted by atomic mass is 9.98. The molecule has 0 spiro atoms. The lowest BCUT2D eigenvalue weighted by molar-refractivity contribution is -0.118. The third kappa shape index (κ3) is 2.31. The Morgan fingerprint density at radius 2 is 2.35 bits per heavy atom. The minimum atomic E-state index is -0.675. The Hall–Kier alpha value is -1.42. The van der Waals surface area contributed by atoms with Gasteiger partial charge in [0.05, 0.1) is 6.10 Å². The van der Waals surface area contributed by atoms with Crippen molar-refractivity contribution in [3.05, 3.63) is 29.6 Å². The van der Waals surface area contributed by atoms with Crippen molar-refractivity contribution >= 4 is 11.6 Å². The molecule has 3 nitrogen and oxygen atoms in total. The van der Waals surface area contributed by atoms with Crippen molar-refractivity contribution in [1.82, 2.24) is 0 Å². The molecule has 0 radical (unpaired) electrons. The topological polar surface area (TPSA) is 40.5 Å². The van der Waals surface area contributed by atoms with Crippen molar-refractivity contribution in [3.63, 3.8) is 0 Å². The molecule has 92 valence electrons. The van der Waals surface area contributed by atoms with E-state index in [1.165, 1.54) is 12.1 Å². The molecule has 2 rings (SSSR count). The molecule has 1 aliphatic rings. The van der Waals surface area contributed by atoms with Gasteiger partial charge in [-0.3, -0.25) is 4.79 Å². The van der Waals surface area contributed by atoms with Crippen LogP contribution in [0.4, 0.5) is 10.1 Å². The summed E-state index contributed by atoms with van der Waals surface area (Å²) < 4.78 is 13.1. The molecule has 1 N–H and O–H groups in total. The average molecular weight is 237 g/mol. The molecule has 0 fully saturated rings. The van der Waals surface area contributed by atoms with Crippen molar-refractivity contribution in [1.29, 1.82) is 0 Å². The Morgan fingerprint density at radius 3 is 3.06 bits per heavy atom. The van der Waals surface area contributed by atoms with Crippen LogP contribution in [0.15, 0.2) is 18.2 Å². The maximum absolute atomic E-state index is 13.1. The standard InChI is InChI=1S/C13H16FNO2/c1-2-3-13(17)15-7-6-12(16)10-8-9(14)4-5-11(10)15/h4-5,8,12,16H,2-3,6-7H2,1H3. The molecule has 0 saturated heterocycles. The van der Waals surface area contributed by atoms with E-state index >= 15 is 0 Å². The summed E-state index contributed by atoms with van der Waals surface area (Å²) in [7, 11) is 0. The normalized spacial score (nSPS) is 19.0. The van der Waals surface area contributed by atoms with Crippen LogP contribution in [-0.4, -0.2) is 17.6 Å². The number of hydrogen-bond donors (Lipinski definition) is 1. The van der Waals surface area contributed by atoms with Gasteiger partial charge < -0.3 is 10.0 Å². The van der Waals surface area contributed by atoms with Crippen LogP contribution in [0.3, 0.4) is 0 Å². The predicted molar refractivity (Wildman–Crippen MR) is 63.2 cm³/mol. The van der Waals surface area contributed by atoms with Gasteiger partial charge in [-0.2, -0.15) is 0 Å². The summed E-state index contributed by atoms with van der Waals surface area (Å²) in [5.41, 5.74) is 1.16. The summed E-state index contributed by atoms with van der Waals surface area (Å²) in [6.45, 7) is 2.45. The summed E-state index contributed by atoms with van der Waals surface area (Å²) in [5.74, 6) is -0.347. The van der Waals surface area contributed by atoms with Gasteiger partial charge in [-0.1, -0.05) is 6.92 Å². The second-order valence-corrected chi connectivity index (χ2v) is 4.30. The summed E-state index contributed by atoms with van der Waals surface area (Å²) in [4.78, 5) is 13.5. The van der Waals surface area contributed by atoms with E-state index in [1.54, 1.807) is 11.0 Å². The molecule has 4 heteroatoms. The van der Waals surface area contributed by atoms with Crippen LogP contribution in [0.2, 0.25) is 0 Å². The first-order valence-corrected chi connectivity index (χ1v) is 5.91. The van der Waals surface area contributed by atoms with E-state index in [4.69, 9.17) is 0 Å². The fraction of sp³-hybridized carbons (Fsp3) is 0.462. The number of nitrogens with zero attached hydrogens (tertiary/aromatic N) is 1. The molecule has 1 aromatic carbocycles. The van der Waals surface area contributed by atoms with Gasteiger partial charge in [0, 0.05) is 24.2 Å². The fourth-order valence-electron chi connectivity index (χ4n) is 2.17. The molecule has 1 aromatic rings. The van der Waals surface area contributed by atoms with Gasteiger partial charge in [-0.05, 0) is 31.0 Å². The molecule has 1 amide bonds. The number of halogens is 1. The van der Waals surface area contributed by atoms with E-state index in [0.717, 1.165) is 6.42 Å². The number of anilines is 1. The maximum Gasteiger partial charge on any atom is 0.226 e. The zero-order chi connectivity index (χ0) is 12.4. The predicted octanol–water partition coefficient (Wildman–Crippen LogP) is 2.40. The first kappa shape index (κ1) is 12.0. The second kappa shape index (κ2) is 4.84. The molecule has 17 heavy (non-hydrogen) atoms. The Balaban J connectivity index is 2.35. The lowest BCUT2D eigenvalue weighted by Crippen LogP contribution is -2.36. The largest absolute Gasteiger partial charge is 0.388 e. The molecule has 0 bridgehead atoms. The first-order chi connectivity index (χ1) is 8.13. The van der Waals surface area contributed by atoms with Crippen molar-refractivity contribution in [3.8, 4) is 0 Å². The molecule has 0 aliphatic carbocycles. The van der Waals surface area contributed by atoms with Crippen molar-refractivity contribution in [2.45, 2.75) is 32.3 Å². The Kier molecular flexibility index (Phi) is 3.43. The van der Waals surface area contributed by atoms with E-state index in [0.29, 0.717) is 30.6 Å². The van der Waals surface area contributed by atoms with Gasteiger partial charge in [-0.15, -0.1) is 0 Å². The number of hydrogen-bond acceptors (Lipinski definition) is 2. The van der Waals surface area contributed by atoms with Crippen LogP contribution in [0.5, 0.6) is 0 Å². The van der Waals surface area contributed by atoms with Gasteiger partial charge in [0.15, 0.2) is 0 Å². The van der Waals surface area contributed by atoms with Crippen molar-refractivity contribution in [2.24, 2.45) is 0 Å². The van der Waals surface area contributed by atoms with Crippen molar-refractivity contribution in [2.75, 3.05) is 11.4 Å². The number of benzene rings is 1. The number of carbonyl (C=O) groups excluding carboxylic acids is 1. The van der Waals surface area contributed by atoms with Crippen molar-refractivity contribution < 1.29 is 14.3 Å². The molecule has 1 aliphatic heterocycles. The third-order valence-electron chi connectivity index (χ3n) is 3.03. The van der Waals surface area contributed by atoms with Gasteiger partial charge >= 0.3 is 0 Å². The van der Waals surface area contributed by atoms with E-state index in [9.17, 15) is 14.3 Å². The number of amides is 1. The third-order valence-corrected chi connectivity index (χ3v) is 3.03. The monoisotopic (exact) mass is 237 g/mol. The Labute approximate surface area is 99.9 Å². The fourth-order valence-corrected chi connectivity index (χ4v) is 2.17. The van der Waals surface area contributed by atoms with Gasteiger partial charge in [0.1, 0.15) is 5.82 Å². The first-order valence-electron chi connectivity index (χ1n) is 5.91. The SMILES string of the molecule is CCCC(=O)N1CCC(O)c2cc(F)ccc21. The highest BCUT2D eigenvalue weighted by Crippen LogP contribution is 2.34. The zero-order valence-corrected chi connectivity index (χ0v) is 9.82. The van der Waals surface area contributed by atoms with Gasteiger partial charge in [-0.25, -0.2) is 4.39 Å². The molecule has 0 saturated carbocycles. The summed E-state index contributed by atoms with van der Waals surface area (Å²) in [6, 6.07) is 4.20.